The van der Waals surface area contributed by atoms with Crippen molar-refractivity contribution in [1.82, 2.24) is 5.32 Å². The van der Waals surface area contributed by atoms with Crippen molar-refractivity contribution in [2.75, 3.05) is 6.54 Å². The van der Waals surface area contributed by atoms with Crippen LogP contribution in [0.2, 0.25) is 0 Å². The van der Waals surface area contributed by atoms with Crippen molar-refractivity contribution < 1.29 is 0 Å². The smallest absolute Gasteiger partial charge is 0.0323 e. The molecule has 20 heavy (non-hydrogen) atoms. The molecular formula is C19H29N. The van der Waals surface area contributed by atoms with Gasteiger partial charge in [0.2, 0.25) is 0 Å². The Hall–Kier alpha value is -0.820. The second kappa shape index (κ2) is 6.30. The summed E-state index contributed by atoms with van der Waals surface area (Å²) in [6.45, 7) is 6.04. The molecule has 4 unspecified atom stereocenters. The van der Waals surface area contributed by atoms with Crippen LogP contribution in [0.5, 0.6) is 0 Å². The highest BCUT2D eigenvalue weighted by Crippen LogP contribution is 2.37. The van der Waals surface area contributed by atoms with Crippen LogP contribution < -0.4 is 5.32 Å². The van der Waals surface area contributed by atoms with Gasteiger partial charge in [0.15, 0.2) is 0 Å². The molecule has 0 bridgehead atoms. The van der Waals surface area contributed by atoms with E-state index >= 15 is 0 Å². The molecule has 1 saturated carbocycles. The molecule has 2 aliphatic carbocycles. The molecule has 0 saturated heterocycles. The molecular weight excluding hydrogens is 242 g/mol. The first kappa shape index (κ1) is 14.1. The van der Waals surface area contributed by atoms with Crippen molar-refractivity contribution in [3.05, 3.63) is 35.4 Å². The van der Waals surface area contributed by atoms with Crippen molar-refractivity contribution in [1.29, 1.82) is 0 Å². The molecule has 1 nitrogen and oxygen atoms in total. The normalized spacial score (nSPS) is 33.7. The lowest BCUT2D eigenvalue weighted by atomic mass is 9.79. The van der Waals surface area contributed by atoms with E-state index in [-0.39, 0.29) is 0 Å². The van der Waals surface area contributed by atoms with Crippen LogP contribution >= 0.6 is 0 Å². The fraction of sp³-hybridized carbons (Fsp3) is 0.684. The predicted molar refractivity (Wildman–Crippen MR) is 86.0 cm³/mol. The second-order valence-corrected chi connectivity index (χ2v) is 7.09. The van der Waals surface area contributed by atoms with E-state index in [2.05, 4.69) is 43.4 Å². The van der Waals surface area contributed by atoms with E-state index in [9.17, 15) is 0 Å². The maximum atomic E-state index is 3.90. The maximum Gasteiger partial charge on any atom is 0.0323 e. The van der Waals surface area contributed by atoms with Crippen LogP contribution in [0.1, 0.15) is 75.5 Å². The van der Waals surface area contributed by atoms with Crippen molar-refractivity contribution in [2.24, 2.45) is 11.8 Å². The summed E-state index contributed by atoms with van der Waals surface area (Å²) in [5.74, 6) is 2.54. The zero-order valence-corrected chi connectivity index (χ0v) is 13.1. The van der Waals surface area contributed by atoms with Gasteiger partial charge in [-0.2, -0.15) is 0 Å². The van der Waals surface area contributed by atoms with Crippen molar-refractivity contribution in [3.63, 3.8) is 0 Å². The quantitative estimate of drug-likeness (QED) is 0.812. The van der Waals surface area contributed by atoms with Crippen LogP contribution in [-0.4, -0.2) is 6.54 Å². The van der Waals surface area contributed by atoms with Crippen molar-refractivity contribution >= 4 is 0 Å². The predicted octanol–water partition coefficient (Wildman–Crippen LogP) is 5.04. The second-order valence-electron chi connectivity index (χ2n) is 7.09. The van der Waals surface area contributed by atoms with Gasteiger partial charge >= 0.3 is 0 Å². The van der Waals surface area contributed by atoms with Crippen LogP contribution in [0.4, 0.5) is 0 Å². The average Bonchev–Trinajstić information content (AvgIpc) is 2.48. The highest BCUT2D eigenvalue weighted by molar-refractivity contribution is 5.34. The number of hydrogen-bond acceptors (Lipinski definition) is 1. The average molecular weight is 271 g/mol. The number of benzene rings is 1. The Morgan fingerprint density at radius 3 is 2.50 bits per heavy atom. The first-order chi connectivity index (χ1) is 9.75. The summed E-state index contributed by atoms with van der Waals surface area (Å²) in [4.78, 5) is 0. The first-order valence-corrected chi connectivity index (χ1v) is 8.58. The molecule has 1 fully saturated rings. The summed E-state index contributed by atoms with van der Waals surface area (Å²) < 4.78 is 0. The van der Waals surface area contributed by atoms with Gasteiger partial charge in [-0.15, -0.1) is 0 Å². The van der Waals surface area contributed by atoms with E-state index in [0.717, 1.165) is 17.8 Å². The molecule has 0 heterocycles. The molecule has 3 rings (SSSR count). The molecule has 1 aromatic rings. The lowest BCUT2D eigenvalue weighted by molar-refractivity contribution is 0.236. The summed E-state index contributed by atoms with van der Waals surface area (Å²) in [5, 5.41) is 3.90. The fourth-order valence-electron chi connectivity index (χ4n) is 4.21. The van der Waals surface area contributed by atoms with E-state index in [0.29, 0.717) is 6.04 Å². The minimum atomic E-state index is 0.594. The molecule has 0 amide bonds. The lowest BCUT2D eigenvalue weighted by Crippen LogP contribution is -2.33. The molecule has 0 spiro atoms. The van der Waals surface area contributed by atoms with E-state index in [4.69, 9.17) is 0 Å². The van der Waals surface area contributed by atoms with Crippen molar-refractivity contribution in [2.45, 2.75) is 64.3 Å². The van der Waals surface area contributed by atoms with Gasteiger partial charge in [0.25, 0.3) is 0 Å². The minimum Gasteiger partial charge on any atom is -0.310 e. The van der Waals surface area contributed by atoms with E-state index in [1.165, 1.54) is 45.1 Å². The van der Waals surface area contributed by atoms with Gasteiger partial charge in [-0.3, -0.25) is 0 Å². The molecule has 0 radical (unpaired) electrons. The molecule has 110 valence electrons. The van der Waals surface area contributed by atoms with Crippen LogP contribution in [-0.2, 0) is 0 Å². The molecule has 2 aliphatic rings. The molecule has 1 N–H and O–H groups in total. The van der Waals surface area contributed by atoms with Gasteiger partial charge in [0.05, 0.1) is 0 Å². The molecule has 0 aromatic heterocycles. The minimum absolute atomic E-state index is 0.594. The molecule has 4 atom stereocenters. The Morgan fingerprint density at radius 1 is 0.950 bits per heavy atom. The summed E-state index contributed by atoms with van der Waals surface area (Å²) in [6, 6.07) is 9.66. The molecule has 1 heteroatoms. The van der Waals surface area contributed by atoms with Gasteiger partial charge in [0.1, 0.15) is 0 Å². The zero-order chi connectivity index (χ0) is 13.9. The number of rotatable bonds is 3. The van der Waals surface area contributed by atoms with Crippen LogP contribution in [0.25, 0.3) is 0 Å². The number of nitrogens with one attached hydrogen (secondary N) is 1. The third kappa shape index (κ3) is 2.93. The summed E-state index contributed by atoms with van der Waals surface area (Å²) >= 11 is 0. The van der Waals surface area contributed by atoms with Crippen LogP contribution in [0, 0.1) is 11.8 Å². The number of fused-ring (bicyclic) bond motifs is 1. The van der Waals surface area contributed by atoms with E-state index in [1.807, 2.05) is 0 Å². The standard InChI is InChI=1S/C19H29N/c1-14-7-3-4-8-16(14)13-20-19-12-11-15(2)17-9-5-6-10-18(17)19/h5-6,9-10,14-16,19-20H,3-4,7-8,11-13H2,1-2H3. The monoisotopic (exact) mass is 271 g/mol. The fourth-order valence-corrected chi connectivity index (χ4v) is 4.21. The highest BCUT2D eigenvalue weighted by atomic mass is 14.9. The summed E-state index contributed by atoms with van der Waals surface area (Å²) in [5.41, 5.74) is 3.14. The third-order valence-corrected chi connectivity index (χ3v) is 5.71. The Morgan fingerprint density at radius 2 is 1.70 bits per heavy atom. The molecule has 1 aromatic carbocycles. The van der Waals surface area contributed by atoms with Gasteiger partial charge in [-0.1, -0.05) is 57.4 Å². The van der Waals surface area contributed by atoms with Gasteiger partial charge in [-0.25, -0.2) is 0 Å². The SMILES string of the molecule is CC1CCC(NCC2CCCCC2C)c2ccccc21. The zero-order valence-electron chi connectivity index (χ0n) is 13.1. The maximum absolute atomic E-state index is 3.90. The van der Waals surface area contributed by atoms with Gasteiger partial charge < -0.3 is 5.32 Å². The molecule has 0 aliphatic heterocycles. The highest BCUT2D eigenvalue weighted by Gasteiger charge is 2.26. The van der Waals surface area contributed by atoms with Crippen LogP contribution in [0.3, 0.4) is 0 Å². The Labute approximate surface area is 124 Å². The Kier molecular flexibility index (Phi) is 4.45. The van der Waals surface area contributed by atoms with Crippen LogP contribution in [0.15, 0.2) is 24.3 Å². The van der Waals surface area contributed by atoms with E-state index in [1.54, 1.807) is 11.1 Å². The third-order valence-electron chi connectivity index (χ3n) is 5.71. The Balaban J connectivity index is 1.65. The van der Waals surface area contributed by atoms with Gasteiger partial charge in [0, 0.05) is 6.04 Å². The Bertz CT molecular complexity index is 439. The summed E-state index contributed by atoms with van der Waals surface area (Å²) in [6.07, 6.45) is 8.38. The van der Waals surface area contributed by atoms with E-state index < -0.39 is 0 Å². The lowest BCUT2D eigenvalue weighted by Gasteiger charge is -2.34. The summed E-state index contributed by atoms with van der Waals surface area (Å²) in [7, 11) is 0. The number of hydrogen-bond donors (Lipinski definition) is 1. The van der Waals surface area contributed by atoms with Gasteiger partial charge in [-0.05, 0) is 54.7 Å². The largest absolute Gasteiger partial charge is 0.310 e. The first-order valence-electron chi connectivity index (χ1n) is 8.58. The van der Waals surface area contributed by atoms with Crippen molar-refractivity contribution in [3.8, 4) is 0 Å². The topological polar surface area (TPSA) is 12.0 Å².